The molecule has 0 saturated heterocycles. The number of fused-ring (bicyclic) bond motifs is 2. The van der Waals surface area contributed by atoms with Gasteiger partial charge in [-0.3, -0.25) is 82.1 Å². The molecule has 27 N–H and O–H groups in total. The topological polar surface area (TPSA) is 654 Å². The van der Waals surface area contributed by atoms with Gasteiger partial charge in [0.25, 0.3) is 0 Å². The van der Waals surface area contributed by atoms with Crippen LogP contribution in [0.1, 0.15) is 102 Å². The van der Waals surface area contributed by atoms with Crippen molar-refractivity contribution in [2.75, 3.05) is 57.9 Å². The van der Waals surface area contributed by atoms with Crippen LogP contribution in [-0.4, -0.2) is 262 Å². The fourth-order valence-electron chi connectivity index (χ4n) is 13.3. The number of unbranched alkanes of at least 4 members (excludes halogenated alkanes) is 1. The maximum absolute atomic E-state index is 15.4. The predicted octanol–water partition coefficient (Wildman–Crippen LogP) is -3.89. The largest absolute Gasteiger partial charge is 0.508 e. The number of aromatic nitrogens is 2. The van der Waals surface area contributed by atoms with E-state index < -0.39 is 217 Å². The number of likely N-dealkylation sites (N-methyl/N-ethyl adjacent to an activating group) is 1. The molecular formula is C84H118N22O19S2. The van der Waals surface area contributed by atoms with Crippen molar-refractivity contribution in [1.82, 2.24) is 89.3 Å². The number of aliphatic hydroxyl groups is 1. The number of ether oxygens (including phenoxy) is 1. The number of thiol groups is 2. The van der Waals surface area contributed by atoms with Gasteiger partial charge in [-0.25, -0.2) is 0 Å². The Labute approximate surface area is 744 Å². The fourth-order valence-corrected chi connectivity index (χ4v) is 13.8. The number of nitrogens with two attached hydrogens (primary N) is 4. The molecule has 6 rings (SSSR count). The molecule has 0 aliphatic heterocycles. The molecule has 4 aromatic carbocycles. The minimum Gasteiger partial charge on any atom is -0.508 e. The summed E-state index contributed by atoms with van der Waals surface area (Å²) in [5, 5.41) is 66.7. The second kappa shape index (κ2) is 52.2. The van der Waals surface area contributed by atoms with E-state index in [1.165, 1.54) is 52.1 Å². The lowest BCUT2D eigenvalue weighted by Gasteiger charge is -2.30. The third-order valence-electron chi connectivity index (χ3n) is 20.5. The molecule has 127 heavy (non-hydrogen) atoms. The molecule has 0 spiro atoms. The molecule has 0 saturated carbocycles. The summed E-state index contributed by atoms with van der Waals surface area (Å²) < 4.78 is 5.36. The van der Waals surface area contributed by atoms with Crippen molar-refractivity contribution in [3.63, 3.8) is 0 Å². The van der Waals surface area contributed by atoms with Gasteiger partial charge in [-0.15, -0.1) is 0 Å². The molecule has 690 valence electrons. The maximum atomic E-state index is 15.4. The number of guanidine groups is 1. The second-order valence-electron chi connectivity index (χ2n) is 30.7. The van der Waals surface area contributed by atoms with Gasteiger partial charge in [0.15, 0.2) is 5.96 Å². The number of hydrogen-bond acceptors (Lipinski definition) is 23. The first kappa shape index (κ1) is 103. The zero-order valence-electron chi connectivity index (χ0n) is 71.5. The van der Waals surface area contributed by atoms with Crippen LogP contribution in [0.3, 0.4) is 0 Å². The number of aromatic hydroxyl groups is 1. The van der Waals surface area contributed by atoms with E-state index in [2.05, 4.69) is 110 Å². The molecule has 16 amide bonds. The molecule has 0 bridgehead atoms. The molecule has 0 unspecified atom stereocenters. The Morgan fingerprint density at radius 3 is 1.46 bits per heavy atom. The van der Waals surface area contributed by atoms with Crippen molar-refractivity contribution in [2.45, 2.75) is 184 Å². The first-order valence-electron chi connectivity index (χ1n) is 41.3. The highest BCUT2D eigenvalue weighted by molar-refractivity contribution is 7.80. The number of aliphatic hydroxyl groups excluding tert-OH is 1. The van der Waals surface area contributed by atoms with Gasteiger partial charge in [0, 0.05) is 105 Å². The van der Waals surface area contributed by atoms with Crippen molar-refractivity contribution in [3.05, 3.63) is 138 Å². The summed E-state index contributed by atoms with van der Waals surface area (Å²) in [5.74, 6) is -16.0. The number of benzene rings is 4. The van der Waals surface area contributed by atoms with E-state index in [1.807, 2.05) is 0 Å². The zero-order chi connectivity index (χ0) is 93.6. The Balaban J connectivity index is 1.25. The number of para-hydroxylation sites is 2. The fraction of sp³-hybridized carbons (Fsp3) is 0.464. The summed E-state index contributed by atoms with van der Waals surface area (Å²) in [6, 6.07) is 10.1. The Morgan fingerprint density at radius 2 is 0.937 bits per heavy atom. The number of phenolic OH excluding ortho intramolecular Hbond substituents is 1. The minimum atomic E-state index is -1.80. The van der Waals surface area contributed by atoms with E-state index in [4.69, 9.17) is 33.1 Å². The van der Waals surface area contributed by atoms with E-state index in [0.717, 1.165) is 4.90 Å². The number of rotatable bonds is 54. The van der Waals surface area contributed by atoms with E-state index in [0.29, 0.717) is 63.4 Å². The number of H-pyrrole nitrogens is 2. The van der Waals surface area contributed by atoms with Gasteiger partial charge in [0.2, 0.25) is 94.5 Å². The quantitative estimate of drug-likeness (QED) is 0.00751. The summed E-state index contributed by atoms with van der Waals surface area (Å²) >= 11 is 8.55. The number of amides is 16. The summed E-state index contributed by atoms with van der Waals surface area (Å²) in [5.41, 5.74) is 25.3. The summed E-state index contributed by atoms with van der Waals surface area (Å²) in [6.45, 7) is 6.03. The van der Waals surface area contributed by atoms with Crippen molar-refractivity contribution >= 4 is 148 Å². The molecule has 41 nitrogen and oxygen atoms in total. The van der Waals surface area contributed by atoms with Crippen LogP contribution in [-0.2, 0) is 107 Å². The van der Waals surface area contributed by atoms with Crippen LogP contribution < -0.4 is 97.4 Å². The lowest BCUT2D eigenvalue weighted by atomic mass is 9.99. The number of carbonyl (C=O) groups is 16. The first-order chi connectivity index (χ1) is 60.4. The van der Waals surface area contributed by atoms with Crippen molar-refractivity contribution in [2.24, 2.45) is 28.9 Å². The van der Waals surface area contributed by atoms with Crippen LogP contribution in [0.5, 0.6) is 5.75 Å². The van der Waals surface area contributed by atoms with Crippen LogP contribution in [0.25, 0.3) is 21.8 Å². The van der Waals surface area contributed by atoms with Gasteiger partial charge in [0.05, 0.1) is 19.3 Å². The summed E-state index contributed by atoms with van der Waals surface area (Å²) in [7, 11) is 1.27. The Kier molecular flexibility index (Phi) is 42.3. The van der Waals surface area contributed by atoms with Gasteiger partial charge in [-0.2, -0.15) is 25.3 Å². The van der Waals surface area contributed by atoms with Crippen LogP contribution in [0.4, 0.5) is 0 Å². The number of primary amides is 2. The van der Waals surface area contributed by atoms with Crippen molar-refractivity contribution in [1.29, 1.82) is 5.41 Å². The molecular weight excluding hydrogens is 1690 g/mol. The average molecular weight is 1800 g/mol. The van der Waals surface area contributed by atoms with E-state index in [-0.39, 0.29) is 76.1 Å². The maximum Gasteiger partial charge on any atom is 0.246 e. The smallest absolute Gasteiger partial charge is 0.246 e. The van der Waals surface area contributed by atoms with Crippen LogP contribution >= 0.6 is 25.3 Å². The van der Waals surface area contributed by atoms with Crippen molar-refractivity contribution in [3.8, 4) is 5.75 Å². The number of hydrogen-bond donors (Lipinski definition) is 25. The number of phenols is 1. The molecule has 0 aliphatic rings. The summed E-state index contributed by atoms with van der Waals surface area (Å²) in [4.78, 5) is 230. The van der Waals surface area contributed by atoms with Gasteiger partial charge in [0.1, 0.15) is 84.9 Å². The zero-order valence-corrected chi connectivity index (χ0v) is 73.3. The highest BCUT2D eigenvalue weighted by Gasteiger charge is 2.39. The molecule has 13 atom stereocenters. The monoisotopic (exact) mass is 1800 g/mol. The van der Waals surface area contributed by atoms with Crippen LogP contribution in [0, 0.1) is 11.3 Å². The Bertz CT molecular complexity index is 4790. The third-order valence-corrected chi connectivity index (χ3v) is 21.2. The molecule has 6 aromatic rings. The van der Waals surface area contributed by atoms with Gasteiger partial charge < -0.3 is 127 Å². The Morgan fingerprint density at radius 1 is 0.472 bits per heavy atom. The molecule has 43 heteroatoms. The summed E-state index contributed by atoms with van der Waals surface area (Å²) in [6.07, 6.45) is 0.682. The van der Waals surface area contributed by atoms with Gasteiger partial charge >= 0.3 is 0 Å². The number of carbonyl (C=O) groups excluding carboxylic acids is 16. The molecule has 2 aromatic heterocycles. The standard InChI is InChI=1S/C84H118N22O19S2/c1-45(2)70(81(122)101-61(35-49-17-8-7-9-18-49)74(115)94-41-68(111)90-33-34-125-42-69(112)96-58(72(87)113)23-14-15-31-85)104-76(117)59(24-16-32-91-84(88)89)97-78(119)63(37-51-39-92-56-21-12-10-19-54(51)56)100-77(118)62(36-50-25-27-53(109)28-26-50)99-80(121)65(43-126)103-75(116)60(29-30-67(86)110)98-79(120)64(38-52-40-93-57-22-13-11-20-55(52)57)102-82(123)71(47(4)107)105-73(114)46(3)106(6)83(124)66(44-127)95-48(5)108/h7-13,17-22,25-28,39-40,45-47,58-66,70-71,92-93,107,109,126-127H,14-16,23-24,29-38,41-44,85H2,1-6H3,(H2,86,110)(H2,87,113)(H,90,111)(H,94,115)(H,95,108)(H,96,112)(H,97,119)(H,98,120)(H,99,121)(H,100,118)(H,101,122)(H,102,123)(H,103,116)(H,104,117)(H,105,114)(H4,88,89,91)/t46-,47+,58+,59-,60-,61-,62-,63-,64-,65-,66-,70-,71-/m0/s1. The Hall–Kier alpha value is -12.9. The lowest BCUT2D eigenvalue weighted by Crippen LogP contribution is -2.62. The normalized spacial score (nSPS) is 14.2. The third kappa shape index (κ3) is 33.9. The molecule has 0 radical (unpaired) electrons. The second-order valence-corrected chi connectivity index (χ2v) is 31.5. The van der Waals surface area contributed by atoms with Gasteiger partial charge in [-0.1, -0.05) is 92.7 Å². The predicted molar refractivity (Wildman–Crippen MR) is 476 cm³/mol. The van der Waals surface area contributed by atoms with Crippen molar-refractivity contribution < 1.29 is 91.7 Å². The SMILES string of the molecule is CC(=O)N[C@@H](CS)C(=O)N(C)[C@@H](C)C(=O)N[C@H](C(=O)N[C@@H](Cc1c[nH]c2ccccc12)C(=O)N[C@@H](CCC(N)=O)C(=O)N[C@@H](CS)C(=O)N[C@@H](Cc1ccc(O)cc1)C(=O)N[C@@H](Cc1c[nH]c2ccccc12)C(=O)N[C@@H](CCCNC(=N)N)C(=O)N[C@H](C(=O)N[C@@H](Cc1ccccc1)C(=O)NCC(=O)NCCOCC(=O)N[C@H](CCCCN)C(N)=O)C(C)C)[C@@H](C)O. The molecule has 2 heterocycles. The van der Waals surface area contributed by atoms with Gasteiger partial charge in [-0.05, 0) is 111 Å². The van der Waals surface area contributed by atoms with Crippen LogP contribution in [0.15, 0.2) is 116 Å². The number of nitrogens with zero attached hydrogens (tertiary/aromatic N) is 1. The number of nitrogens with one attached hydrogen (secondary N) is 17. The van der Waals surface area contributed by atoms with E-state index in [9.17, 15) is 77.3 Å². The number of aromatic amines is 2. The lowest BCUT2D eigenvalue weighted by molar-refractivity contribution is -0.142. The average Bonchev–Trinajstić information content (AvgIpc) is 1.78. The van der Waals surface area contributed by atoms with E-state index in [1.54, 1.807) is 105 Å². The van der Waals surface area contributed by atoms with Crippen LogP contribution in [0.2, 0.25) is 0 Å². The highest BCUT2D eigenvalue weighted by Crippen LogP contribution is 2.23. The molecule has 0 aliphatic carbocycles. The first-order valence-corrected chi connectivity index (χ1v) is 42.5. The van der Waals surface area contributed by atoms with E-state index >= 15 is 9.59 Å². The highest BCUT2D eigenvalue weighted by atomic mass is 32.1. The minimum absolute atomic E-state index is 0.00183. The molecule has 0 fully saturated rings.